The molecule has 5 nitrogen and oxygen atoms in total. The van der Waals surface area contributed by atoms with Crippen molar-refractivity contribution in [1.29, 1.82) is 0 Å². The van der Waals surface area contributed by atoms with Crippen molar-refractivity contribution < 1.29 is 19.4 Å². The first kappa shape index (κ1) is 22.2. The standard InChI is InChI=1S/C21H33NO4/c1-6-7-11-18(20(25)26-21(3,4)5)22-19(24)17(14-23)13-16-10-8-9-15(2)12-16/h8-10,12,17-18,23H,6-7,11,13-14H2,1-5H3,(H,22,24)/t17-,18+/m1/s1. The summed E-state index contributed by atoms with van der Waals surface area (Å²) in [6.45, 7) is 9.16. The SMILES string of the molecule is CCCC[C@H](NC(=O)[C@@H](CO)Cc1cccc(C)c1)C(=O)OC(C)(C)C. The van der Waals surface area contributed by atoms with Crippen LogP contribution in [0, 0.1) is 12.8 Å². The van der Waals surface area contributed by atoms with Crippen LogP contribution in [0.3, 0.4) is 0 Å². The number of aliphatic hydroxyl groups excluding tert-OH is 1. The monoisotopic (exact) mass is 363 g/mol. The Kier molecular flexibility index (Phi) is 8.79. The van der Waals surface area contributed by atoms with Crippen molar-refractivity contribution in [1.82, 2.24) is 5.32 Å². The molecule has 0 radical (unpaired) electrons. The highest BCUT2D eigenvalue weighted by molar-refractivity contribution is 5.86. The molecule has 5 heteroatoms. The van der Waals surface area contributed by atoms with Crippen molar-refractivity contribution in [3.8, 4) is 0 Å². The second kappa shape index (κ2) is 10.3. The molecule has 0 heterocycles. The summed E-state index contributed by atoms with van der Waals surface area (Å²) in [5.74, 6) is -1.34. The molecule has 2 atom stereocenters. The maximum atomic E-state index is 12.6. The van der Waals surface area contributed by atoms with E-state index in [1.165, 1.54) is 0 Å². The number of esters is 1. The number of unbranched alkanes of at least 4 members (excludes halogenated alkanes) is 1. The van der Waals surface area contributed by atoms with Gasteiger partial charge in [-0.05, 0) is 46.1 Å². The van der Waals surface area contributed by atoms with Gasteiger partial charge in [0.1, 0.15) is 11.6 Å². The Morgan fingerprint density at radius 3 is 2.50 bits per heavy atom. The third-order valence-corrected chi connectivity index (χ3v) is 4.01. The molecule has 2 N–H and O–H groups in total. The fourth-order valence-electron chi connectivity index (χ4n) is 2.68. The van der Waals surface area contributed by atoms with E-state index in [0.717, 1.165) is 24.0 Å². The van der Waals surface area contributed by atoms with Crippen molar-refractivity contribution in [3.63, 3.8) is 0 Å². The van der Waals surface area contributed by atoms with Crippen LogP contribution in [0.2, 0.25) is 0 Å². The van der Waals surface area contributed by atoms with Crippen LogP contribution in [0.1, 0.15) is 58.1 Å². The molecule has 0 saturated heterocycles. The molecule has 0 unspecified atom stereocenters. The molecule has 0 bridgehead atoms. The Hall–Kier alpha value is -1.88. The molecule has 1 amide bonds. The number of carbonyl (C=O) groups is 2. The van der Waals surface area contributed by atoms with Gasteiger partial charge < -0.3 is 15.2 Å². The number of carbonyl (C=O) groups excluding carboxylic acids is 2. The third kappa shape index (κ3) is 8.00. The van der Waals surface area contributed by atoms with Gasteiger partial charge in [0.25, 0.3) is 0 Å². The van der Waals surface area contributed by atoms with Gasteiger partial charge in [-0.15, -0.1) is 0 Å². The van der Waals surface area contributed by atoms with E-state index in [4.69, 9.17) is 4.74 Å². The van der Waals surface area contributed by atoms with Crippen LogP contribution in [0.4, 0.5) is 0 Å². The highest BCUT2D eigenvalue weighted by Gasteiger charge is 2.28. The maximum absolute atomic E-state index is 12.6. The van der Waals surface area contributed by atoms with E-state index < -0.39 is 23.5 Å². The van der Waals surface area contributed by atoms with Crippen molar-refractivity contribution in [2.75, 3.05) is 6.61 Å². The highest BCUT2D eigenvalue weighted by atomic mass is 16.6. The Bertz CT molecular complexity index is 592. The van der Waals surface area contributed by atoms with Crippen LogP contribution in [-0.4, -0.2) is 35.2 Å². The average molecular weight is 363 g/mol. The number of hydrogen-bond acceptors (Lipinski definition) is 4. The summed E-state index contributed by atoms with van der Waals surface area (Å²) in [4.78, 5) is 25.0. The Labute approximate surface area is 157 Å². The minimum atomic E-state index is -0.687. The summed E-state index contributed by atoms with van der Waals surface area (Å²) in [6.07, 6.45) is 2.69. The molecule has 0 fully saturated rings. The predicted molar refractivity (Wildman–Crippen MR) is 103 cm³/mol. The first-order valence-corrected chi connectivity index (χ1v) is 9.36. The van der Waals surface area contributed by atoms with Crippen LogP contribution in [0.5, 0.6) is 0 Å². The number of nitrogens with one attached hydrogen (secondary N) is 1. The molecule has 0 aromatic heterocycles. The minimum Gasteiger partial charge on any atom is -0.458 e. The Morgan fingerprint density at radius 2 is 1.96 bits per heavy atom. The van der Waals surface area contributed by atoms with E-state index in [9.17, 15) is 14.7 Å². The fraction of sp³-hybridized carbons (Fsp3) is 0.619. The topological polar surface area (TPSA) is 75.6 Å². The van der Waals surface area contributed by atoms with E-state index in [1.807, 2.05) is 38.1 Å². The summed E-state index contributed by atoms with van der Waals surface area (Å²) in [5.41, 5.74) is 1.49. The van der Waals surface area contributed by atoms with Crippen LogP contribution >= 0.6 is 0 Å². The zero-order valence-corrected chi connectivity index (χ0v) is 16.7. The van der Waals surface area contributed by atoms with Crippen molar-refractivity contribution in [2.45, 2.75) is 71.9 Å². The lowest BCUT2D eigenvalue weighted by Crippen LogP contribution is -2.47. The second-order valence-corrected chi connectivity index (χ2v) is 7.81. The van der Waals surface area contributed by atoms with E-state index in [0.29, 0.717) is 12.8 Å². The lowest BCUT2D eigenvalue weighted by atomic mass is 9.97. The van der Waals surface area contributed by atoms with Crippen LogP contribution in [0.15, 0.2) is 24.3 Å². The molecule has 146 valence electrons. The molecule has 26 heavy (non-hydrogen) atoms. The molecule has 0 aliphatic rings. The van der Waals surface area contributed by atoms with Gasteiger partial charge >= 0.3 is 5.97 Å². The van der Waals surface area contributed by atoms with Gasteiger partial charge in [0, 0.05) is 0 Å². The molecule has 0 aliphatic heterocycles. The summed E-state index contributed by atoms with van der Waals surface area (Å²) < 4.78 is 5.43. The van der Waals surface area contributed by atoms with Gasteiger partial charge in [0.15, 0.2) is 0 Å². The van der Waals surface area contributed by atoms with Crippen LogP contribution in [0.25, 0.3) is 0 Å². The predicted octanol–water partition coefficient (Wildman–Crippen LogP) is 3.16. The van der Waals surface area contributed by atoms with Crippen molar-refractivity contribution in [2.24, 2.45) is 5.92 Å². The maximum Gasteiger partial charge on any atom is 0.329 e. The van der Waals surface area contributed by atoms with E-state index in [-0.39, 0.29) is 12.5 Å². The quantitative estimate of drug-likeness (QED) is 0.661. The second-order valence-electron chi connectivity index (χ2n) is 7.81. The molecule has 0 aliphatic carbocycles. The molecule has 0 spiro atoms. The summed E-state index contributed by atoms with van der Waals surface area (Å²) >= 11 is 0. The van der Waals surface area contributed by atoms with E-state index in [2.05, 4.69) is 5.32 Å². The van der Waals surface area contributed by atoms with Crippen LogP contribution in [-0.2, 0) is 20.7 Å². The van der Waals surface area contributed by atoms with Gasteiger partial charge in [0.2, 0.25) is 5.91 Å². The van der Waals surface area contributed by atoms with Crippen LogP contribution < -0.4 is 5.32 Å². The number of hydrogen-bond donors (Lipinski definition) is 2. The van der Waals surface area contributed by atoms with Crippen molar-refractivity contribution >= 4 is 11.9 Å². The highest BCUT2D eigenvalue weighted by Crippen LogP contribution is 2.14. The lowest BCUT2D eigenvalue weighted by molar-refractivity contribution is -0.159. The number of aryl methyl sites for hydroxylation is 1. The fourth-order valence-corrected chi connectivity index (χ4v) is 2.68. The van der Waals surface area contributed by atoms with Gasteiger partial charge in [-0.3, -0.25) is 4.79 Å². The summed E-state index contributed by atoms with van der Waals surface area (Å²) in [6, 6.07) is 7.17. The van der Waals surface area contributed by atoms with Crippen molar-refractivity contribution in [3.05, 3.63) is 35.4 Å². The largest absolute Gasteiger partial charge is 0.458 e. The normalized spacial score (nSPS) is 13.8. The molecule has 1 rings (SSSR count). The average Bonchev–Trinajstić information content (AvgIpc) is 2.54. The zero-order valence-electron chi connectivity index (χ0n) is 16.7. The first-order valence-electron chi connectivity index (χ1n) is 9.36. The third-order valence-electron chi connectivity index (χ3n) is 4.01. The number of ether oxygens (including phenoxy) is 1. The minimum absolute atomic E-state index is 0.269. The van der Waals surface area contributed by atoms with E-state index in [1.54, 1.807) is 20.8 Å². The molecule has 1 aromatic rings. The number of amides is 1. The number of benzene rings is 1. The summed E-state index contributed by atoms with van der Waals surface area (Å²) in [5, 5.41) is 12.5. The molecular weight excluding hydrogens is 330 g/mol. The molecule has 0 saturated carbocycles. The Morgan fingerprint density at radius 1 is 1.27 bits per heavy atom. The molecular formula is C21H33NO4. The lowest BCUT2D eigenvalue weighted by Gasteiger charge is -2.25. The zero-order chi connectivity index (χ0) is 19.7. The van der Waals surface area contributed by atoms with Gasteiger partial charge in [-0.2, -0.15) is 0 Å². The Balaban J connectivity index is 2.79. The van der Waals surface area contributed by atoms with E-state index >= 15 is 0 Å². The van der Waals surface area contributed by atoms with Gasteiger partial charge in [0.05, 0.1) is 12.5 Å². The number of rotatable bonds is 9. The van der Waals surface area contributed by atoms with Gasteiger partial charge in [-0.25, -0.2) is 4.79 Å². The van der Waals surface area contributed by atoms with Gasteiger partial charge in [-0.1, -0.05) is 49.6 Å². The summed E-state index contributed by atoms with van der Waals surface area (Å²) in [7, 11) is 0. The first-order chi connectivity index (χ1) is 12.2. The number of aliphatic hydroxyl groups is 1. The smallest absolute Gasteiger partial charge is 0.329 e. The molecule has 1 aromatic carbocycles.